The van der Waals surface area contributed by atoms with Gasteiger partial charge in [0.25, 0.3) is 10.0 Å². The van der Waals surface area contributed by atoms with Gasteiger partial charge in [0.05, 0.1) is 5.69 Å². The second-order valence-electron chi connectivity index (χ2n) is 4.18. The smallest absolute Gasteiger partial charge is 0.271 e. The van der Waals surface area contributed by atoms with Crippen LogP contribution in [0.2, 0.25) is 5.02 Å². The standard InChI is InChI=1S/C14H10ClNO2S2/c15-12-7-8-13(11-5-2-1-4-10(11)12)16-20(17,18)14-6-3-9-19-14/h1-9,16H. The van der Waals surface area contributed by atoms with Gasteiger partial charge in [0, 0.05) is 15.8 Å². The summed E-state index contributed by atoms with van der Waals surface area (Å²) in [6.45, 7) is 0. The predicted molar refractivity (Wildman–Crippen MR) is 84.1 cm³/mol. The molecule has 0 aliphatic heterocycles. The third-order valence-corrected chi connectivity index (χ3v) is 5.97. The molecule has 0 aliphatic carbocycles. The van der Waals surface area contributed by atoms with Gasteiger partial charge in [0.15, 0.2) is 0 Å². The molecular weight excluding hydrogens is 314 g/mol. The van der Waals surface area contributed by atoms with Crippen LogP contribution in [-0.4, -0.2) is 8.42 Å². The van der Waals surface area contributed by atoms with Crippen molar-refractivity contribution in [3.63, 3.8) is 0 Å². The van der Waals surface area contributed by atoms with Crippen molar-refractivity contribution in [2.75, 3.05) is 4.72 Å². The molecule has 102 valence electrons. The van der Waals surface area contributed by atoms with E-state index >= 15 is 0 Å². The van der Waals surface area contributed by atoms with Crippen molar-refractivity contribution in [2.24, 2.45) is 0 Å². The molecule has 0 unspecified atom stereocenters. The molecule has 0 amide bonds. The lowest BCUT2D eigenvalue weighted by Gasteiger charge is -2.10. The predicted octanol–water partition coefficient (Wildman–Crippen LogP) is 4.36. The van der Waals surface area contributed by atoms with Crippen molar-refractivity contribution in [2.45, 2.75) is 4.21 Å². The van der Waals surface area contributed by atoms with Gasteiger partial charge in [-0.2, -0.15) is 0 Å². The van der Waals surface area contributed by atoms with Crippen molar-refractivity contribution in [1.29, 1.82) is 0 Å². The average Bonchev–Trinajstić information content (AvgIpc) is 2.97. The van der Waals surface area contributed by atoms with E-state index in [1.165, 1.54) is 11.3 Å². The fraction of sp³-hybridized carbons (Fsp3) is 0. The maximum absolute atomic E-state index is 12.3. The number of thiophene rings is 1. The average molecular weight is 324 g/mol. The summed E-state index contributed by atoms with van der Waals surface area (Å²) in [6.07, 6.45) is 0. The molecule has 0 radical (unpaired) electrons. The summed E-state index contributed by atoms with van der Waals surface area (Å²) in [7, 11) is -3.55. The van der Waals surface area contributed by atoms with Crippen LogP contribution >= 0.6 is 22.9 Å². The molecule has 2 aromatic carbocycles. The third-order valence-electron chi connectivity index (χ3n) is 2.88. The van der Waals surface area contributed by atoms with E-state index in [-0.39, 0.29) is 4.21 Å². The van der Waals surface area contributed by atoms with Crippen LogP contribution in [0.3, 0.4) is 0 Å². The number of fused-ring (bicyclic) bond motifs is 1. The molecule has 20 heavy (non-hydrogen) atoms. The highest BCUT2D eigenvalue weighted by Crippen LogP contribution is 2.31. The summed E-state index contributed by atoms with van der Waals surface area (Å²) >= 11 is 7.31. The van der Waals surface area contributed by atoms with Gasteiger partial charge in [-0.25, -0.2) is 8.42 Å². The quantitative estimate of drug-likeness (QED) is 0.778. The van der Waals surface area contributed by atoms with Crippen LogP contribution in [0, 0.1) is 0 Å². The number of nitrogens with one attached hydrogen (secondary N) is 1. The van der Waals surface area contributed by atoms with Crippen molar-refractivity contribution >= 4 is 49.4 Å². The van der Waals surface area contributed by atoms with E-state index < -0.39 is 10.0 Å². The Hall–Kier alpha value is -1.56. The van der Waals surface area contributed by atoms with Crippen molar-refractivity contribution in [3.05, 3.63) is 58.9 Å². The van der Waals surface area contributed by atoms with Gasteiger partial charge in [-0.15, -0.1) is 11.3 Å². The normalized spacial score (nSPS) is 11.7. The number of anilines is 1. The molecule has 0 saturated carbocycles. The molecule has 0 spiro atoms. The lowest BCUT2D eigenvalue weighted by atomic mass is 10.1. The minimum Gasteiger partial charge on any atom is -0.278 e. The first-order chi connectivity index (χ1) is 9.58. The van der Waals surface area contributed by atoms with Crippen molar-refractivity contribution < 1.29 is 8.42 Å². The molecule has 3 rings (SSSR count). The molecule has 3 nitrogen and oxygen atoms in total. The van der Waals surface area contributed by atoms with Crippen LogP contribution in [0.5, 0.6) is 0 Å². The Labute approximate surface area is 125 Å². The molecule has 0 bridgehead atoms. The highest BCUT2D eigenvalue weighted by molar-refractivity contribution is 7.94. The maximum Gasteiger partial charge on any atom is 0.271 e. The highest BCUT2D eigenvalue weighted by Gasteiger charge is 2.16. The second kappa shape index (κ2) is 5.09. The number of halogens is 1. The van der Waals surface area contributed by atoms with Gasteiger partial charge in [0.2, 0.25) is 0 Å². The number of hydrogen-bond donors (Lipinski definition) is 1. The van der Waals surface area contributed by atoms with E-state index in [1.807, 2.05) is 24.3 Å². The molecule has 3 aromatic rings. The molecule has 0 saturated heterocycles. The highest BCUT2D eigenvalue weighted by atomic mass is 35.5. The van der Waals surface area contributed by atoms with Crippen LogP contribution < -0.4 is 4.72 Å². The first-order valence-corrected chi connectivity index (χ1v) is 8.55. The Kier molecular flexibility index (Phi) is 3.41. The summed E-state index contributed by atoms with van der Waals surface area (Å²) in [5.74, 6) is 0. The van der Waals surface area contributed by atoms with Gasteiger partial charge >= 0.3 is 0 Å². The fourth-order valence-corrected chi connectivity index (χ4v) is 4.26. The van der Waals surface area contributed by atoms with E-state index in [1.54, 1.807) is 29.6 Å². The zero-order chi connectivity index (χ0) is 14.2. The van der Waals surface area contributed by atoms with Crippen LogP contribution in [-0.2, 0) is 10.0 Å². The number of hydrogen-bond acceptors (Lipinski definition) is 3. The lowest BCUT2D eigenvalue weighted by Crippen LogP contribution is -2.11. The molecule has 6 heteroatoms. The van der Waals surface area contributed by atoms with Gasteiger partial charge in [-0.1, -0.05) is 41.9 Å². The van der Waals surface area contributed by atoms with E-state index in [9.17, 15) is 8.42 Å². The number of benzene rings is 2. The fourth-order valence-electron chi connectivity index (χ4n) is 1.96. The van der Waals surface area contributed by atoms with Crippen LogP contribution in [0.25, 0.3) is 10.8 Å². The van der Waals surface area contributed by atoms with E-state index in [4.69, 9.17) is 11.6 Å². The minimum absolute atomic E-state index is 0.288. The van der Waals surface area contributed by atoms with E-state index in [2.05, 4.69) is 4.72 Å². The zero-order valence-corrected chi connectivity index (χ0v) is 12.6. The van der Waals surface area contributed by atoms with Gasteiger partial charge in [-0.3, -0.25) is 4.72 Å². The lowest BCUT2D eigenvalue weighted by molar-refractivity contribution is 0.603. The van der Waals surface area contributed by atoms with Crippen LogP contribution in [0.1, 0.15) is 0 Å². The summed E-state index contributed by atoms with van der Waals surface area (Å²) < 4.78 is 27.4. The second-order valence-corrected chi connectivity index (χ2v) is 7.44. The Bertz CT molecular complexity index is 858. The summed E-state index contributed by atoms with van der Waals surface area (Å²) in [5, 5.41) is 3.93. The Morgan fingerprint density at radius 3 is 2.40 bits per heavy atom. The molecule has 0 fully saturated rings. The number of rotatable bonds is 3. The summed E-state index contributed by atoms with van der Waals surface area (Å²) in [4.78, 5) is 0. The molecule has 1 heterocycles. The Morgan fingerprint density at radius 1 is 0.950 bits per heavy atom. The van der Waals surface area contributed by atoms with Gasteiger partial charge in [-0.05, 0) is 23.6 Å². The first kappa shape index (κ1) is 13.4. The molecule has 0 aliphatic rings. The first-order valence-electron chi connectivity index (χ1n) is 5.81. The third kappa shape index (κ3) is 2.40. The van der Waals surface area contributed by atoms with E-state index in [0.29, 0.717) is 10.7 Å². The Morgan fingerprint density at radius 2 is 1.70 bits per heavy atom. The van der Waals surface area contributed by atoms with Crippen molar-refractivity contribution in [1.82, 2.24) is 0 Å². The number of sulfonamides is 1. The Balaban J connectivity index is 2.11. The van der Waals surface area contributed by atoms with Crippen LogP contribution in [0.4, 0.5) is 5.69 Å². The topological polar surface area (TPSA) is 46.2 Å². The summed E-state index contributed by atoms with van der Waals surface area (Å²) in [5.41, 5.74) is 0.526. The van der Waals surface area contributed by atoms with Crippen LogP contribution in [0.15, 0.2) is 58.1 Å². The molecule has 1 aromatic heterocycles. The van der Waals surface area contributed by atoms with Gasteiger partial charge < -0.3 is 0 Å². The largest absolute Gasteiger partial charge is 0.278 e. The van der Waals surface area contributed by atoms with Crippen molar-refractivity contribution in [3.8, 4) is 0 Å². The van der Waals surface area contributed by atoms with E-state index in [0.717, 1.165) is 10.8 Å². The molecule has 1 N–H and O–H groups in total. The maximum atomic E-state index is 12.3. The summed E-state index contributed by atoms with van der Waals surface area (Å²) in [6, 6.07) is 14.1. The monoisotopic (exact) mass is 323 g/mol. The SMILES string of the molecule is O=S(=O)(Nc1ccc(Cl)c2ccccc12)c1cccs1. The molecular formula is C14H10ClNO2S2. The minimum atomic E-state index is -3.55. The zero-order valence-electron chi connectivity index (χ0n) is 10.2. The molecule has 0 atom stereocenters. The van der Waals surface area contributed by atoms with Gasteiger partial charge in [0.1, 0.15) is 4.21 Å².